The number of methoxy groups -OCH3 is 1. The van der Waals surface area contributed by atoms with E-state index in [4.69, 9.17) is 4.74 Å². The third-order valence-electron chi connectivity index (χ3n) is 4.02. The van der Waals surface area contributed by atoms with Crippen molar-refractivity contribution >= 4 is 50.2 Å². The van der Waals surface area contributed by atoms with Crippen LogP contribution >= 0.6 is 15.9 Å². The van der Waals surface area contributed by atoms with Crippen LogP contribution in [0.4, 0.5) is 5.95 Å². The Hall–Kier alpha value is -3.20. The first-order chi connectivity index (χ1) is 13.0. The molecule has 27 heavy (non-hydrogen) atoms. The zero-order valence-corrected chi connectivity index (χ0v) is 16.1. The summed E-state index contributed by atoms with van der Waals surface area (Å²) in [6, 6.07) is 9.44. The molecule has 0 aliphatic heterocycles. The number of ether oxygens (including phenoxy) is 1. The maximum Gasteiger partial charge on any atom is 0.265 e. The first kappa shape index (κ1) is 17.2. The van der Waals surface area contributed by atoms with E-state index in [2.05, 4.69) is 46.6 Å². The number of anilines is 1. The Morgan fingerprint density at radius 2 is 2.11 bits per heavy atom. The third-order valence-corrected chi connectivity index (χ3v) is 4.62. The van der Waals surface area contributed by atoms with Gasteiger partial charge in [-0.25, -0.2) is 5.43 Å². The monoisotopic (exact) mass is 426 g/mol. The summed E-state index contributed by atoms with van der Waals surface area (Å²) in [4.78, 5) is 7.64. The first-order valence-corrected chi connectivity index (χ1v) is 8.83. The summed E-state index contributed by atoms with van der Waals surface area (Å²) in [6.45, 7) is 2.03. The molecule has 3 N–H and O–H groups in total. The number of nitrogens with one attached hydrogen (secondary N) is 2. The van der Waals surface area contributed by atoms with Crippen molar-refractivity contribution in [3.63, 3.8) is 0 Å². The van der Waals surface area contributed by atoms with Gasteiger partial charge in [0.1, 0.15) is 5.52 Å². The predicted molar refractivity (Wildman–Crippen MR) is 108 cm³/mol. The largest absolute Gasteiger partial charge is 0.503 e. The van der Waals surface area contributed by atoms with Gasteiger partial charge in [0.15, 0.2) is 17.1 Å². The summed E-state index contributed by atoms with van der Waals surface area (Å²) < 4.78 is 5.63. The maximum atomic E-state index is 9.84. The molecule has 0 aliphatic carbocycles. The lowest BCUT2D eigenvalue weighted by Gasteiger charge is -2.06. The number of benzene rings is 2. The van der Waals surface area contributed by atoms with E-state index in [1.807, 2.05) is 25.1 Å². The van der Waals surface area contributed by atoms with Gasteiger partial charge < -0.3 is 14.8 Å². The number of H-pyrrole nitrogens is 1. The van der Waals surface area contributed by atoms with E-state index < -0.39 is 0 Å². The number of aryl methyl sites for hydroxylation is 1. The molecule has 8 nitrogen and oxygen atoms in total. The van der Waals surface area contributed by atoms with Gasteiger partial charge in [-0.2, -0.15) is 10.1 Å². The molecular weight excluding hydrogens is 412 g/mol. The second-order valence-corrected chi connectivity index (χ2v) is 6.78. The summed E-state index contributed by atoms with van der Waals surface area (Å²) in [5, 5.41) is 23.3. The number of aromatic nitrogens is 4. The van der Waals surface area contributed by atoms with Crippen molar-refractivity contribution in [1.29, 1.82) is 0 Å². The van der Waals surface area contributed by atoms with Crippen molar-refractivity contribution in [3.05, 3.63) is 45.9 Å². The number of rotatable bonds is 4. The summed E-state index contributed by atoms with van der Waals surface area (Å²) >= 11 is 3.27. The van der Waals surface area contributed by atoms with Crippen molar-refractivity contribution in [2.45, 2.75) is 6.92 Å². The number of phenolic OH excluding ortho intramolecular Hbond substituents is 1. The van der Waals surface area contributed by atoms with Crippen molar-refractivity contribution in [2.75, 3.05) is 12.5 Å². The molecule has 0 amide bonds. The van der Waals surface area contributed by atoms with Crippen LogP contribution in [0.2, 0.25) is 0 Å². The molecule has 0 unspecified atom stereocenters. The standard InChI is InChI=1S/C18H15BrN6O2/c1-9-3-4-13-11(5-9)15-17(21-13)22-18(25-23-15)24-20-8-10-6-12(19)16(26)14(7-10)27-2/h3-8,26H,1-2H3,(H2,21,22,24,25). The lowest BCUT2D eigenvalue weighted by molar-refractivity contribution is 0.372. The van der Waals surface area contributed by atoms with E-state index in [9.17, 15) is 5.11 Å². The van der Waals surface area contributed by atoms with Crippen molar-refractivity contribution in [2.24, 2.45) is 5.10 Å². The highest BCUT2D eigenvalue weighted by Gasteiger charge is 2.09. The van der Waals surface area contributed by atoms with Crippen LogP contribution in [0.25, 0.3) is 22.1 Å². The first-order valence-electron chi connectivity index (χ1n) is 8.03. The van der Waals surface area contributed by atoms with Gasteiger partial charge in [0, 0.05) is 10.9 Å². The van der Waals surface area contributed by atoms with Crippen molar-refractivity contribution in [1.82, 2.24) is 20.2 Å². The van der Waals surface area contributed by atoms with Gasteiger partial charge >= 0.3 is 0 Å². The summed E-state index contributed by atoms with van der Waals surface area (Å²) in [5.74, 6) is 0.653. The van der Waals surface area contributed by atoms with Crippen LogP contribution in [0.15, 0.2) is 39.9 Å². The molecule has 0 aliphatic rings. The molecule has 2 aromatic heterocycles. The number of nitrogens with zero attached hydrogens (tertiary/aromatic N) is 4. The number of hydrogen-bond donors (Lipinski definition) is 3. The number of halogens is 1. The molecule has 0 saturated heterocycles. The molecule has 0 bridgehead atoms. The summed E-state index contributed by atoms with van der Waals surface area (Å²) in [5.41, 5.74) is 6.94. The Kier molecular flexibility index (Phi) is 4.36. The van der Waals surface area contributed by atoms with Crippen molar-refractivity contribution < 1.29 is 9.84 Å². The van der Waals surface area contributed by atoms with Crippen LogP contribution in [-0.2, 0) is 0 Å². The summed E-state index contributed by atoms with van der Waals surface area (Å²) in [6.07, 6.45) is 1.56. The van der Waals surface area contributed by atoms with E-state index in [1.165, 1.54) is 7.11 Å². The fraction of sp³-hybridized carbons (Fsp3) is 0.111. The Morgan fingerprint density at radius 1 is 1.26 bits per heavy atom. The molecule has 0 radical (unpaired) electrons. The third kappa shape index (κ3) is 3.28. The second-order valence-electron chi connectivity index (χ2n) is 5.93. The zero-order valence-electron chi connectivity index (χ0n) is 14.5. The predicted octanol–water partition coefficient (Wildman–Crippen LogP) is 3.74. The van der Waals surface area contributed by atoms with Gasteiger partial charge in [-0.3, -0.25) is 0 Å². The Balaban J connectivity index is 1.59. The molecule has 4 rings (SSSR count). The van der Waals surface area contributed by atoms with Crippen LogP contribution in [0.1, 0.15) is 11.1 Å². The highest BCUT2D eigenvalue weighted by Crippen LogP contribution is 2.34. The minimum absolute atomic E-state index is 0.0367. The average Bonchev–Trinajstić information content (AvgIpc) is 3.01. The fourth-order valence-corrected chi connectivity index (χ4v) is 3.18. The summed E-state index contributed by atoms with van der Waals surface area (Å²) in [7, 11) is 1.48. The van der Waals surface area contributed by atoms with Crippen molar-refractivity contribution in [3.8, 4) is 11.5 Å². The number of hydrogen-bond acceptors (Lipinski definition) is 7. The minimum atomic E-state index is 0.0367. The van der Waals surface area contributed by atoms with E-state index in [0.29, 0.717) is 15.9 Å². The quantitative estimate of drug-likeness (QED) is 0.338. The molecule has 0 spiro atoms. The highest BCUT2D eigenvalue weighted by atomic mass is 79.9. The van der Waals surface area contributed by atoms with Gasteiger partial charge in [0.2, 0.25) is 0 Å². The lowest BCUT2D eigenvalue weighted by Crippen LogP contribution is -1.99. The van der Waals surface area contributed by atoms with Crippen LogP contribution in [-0.4, -0.2) is 38.6 Å². The van der Waals surface area contributed by atoms with E-state index >= 15 is 0 Å². The molecule has 136 valence electrons. The Bertz CT molecular complexity index is 1190. The molecule has 0 saturated carbocycles. The molecule has 2 heterocycles. The van der Waals surface area contributed by atoms with Crippen LogP contribution < -0.4 is 10.2 Å². The molecule has 0 atom stereocenters. The normalized spacial score (nSPS) is 11.5. The highest BCUT2D eigenvalue weighted by molar-refractivity contribution is 9.10. The van der Waals surface area contributed by atoms with Gasteiger partial charge in [-0.15, -0.1) is 10.2 Å². The number of phenols is 1. The molecule has 2 aromatic carbocycles. The van der Waals surface area contributed by atoms with Crippen LogP contribution in [0.5, 0.6) is 11.5 Å². The van der Waals surface area contributed by atoms with Crippen LogP contribution in [0.3, 0.4) is 0 Å². The molecule has 4 aromatic rings. The van der Waals surface area contributed by atoms with Gasteiger partial charge in [0.25, 0.3) is 5.95 Å². The SMILES string of the molecule is COc1cc(C=NNc2nnc3c(n2)[nH]c2ccc(C)cc23)cc(Br)c1O. The lowest BCUT2D eigenvalue weighted by atomic mass is 10.2. The second kappa shape index (κ2) is 6.84. The molecular formula is C18H15BrN6O2. The average molecular weight is 427 g/mol. The van der Waals surface area contributed by atoms with E-state index in [1.54, 1.807) is 18.3 Å². The zero-order chi connectivity index (χ0) is 19.0. The van der Waals surface area contributed by atoms with Crippen LogP contribution in [0, 0.1) is 6.92 Å². The smallest absolute Gasteiger partial charge is 0.265 e. The van der Waals surface area contributed by atoms with Gasteiger partial charge in [0.05, 0.1) is 17.8 Å². The Morgan fingerprint density at radius 3 is 2.93 bits per heavy atom. The van der Waals surface area contributed by atoms with Gasteiger partial charge in [-0.1, -0.05) is 11.6 Å². The minimum Gasteiger partial charge on any atom is -0.503 e. The molecule has 9 heteroatoms. The number of aromatic amines is 1. The molecule has 0 fully saturated rings. The number of fused-ring (bicyclic) bond motifs is 3. The van der Waals surface area contributed by atoms with Gasteiger partial charge in [-0.05, 0) is 52.7 Å². The maximum absolute atomic E-state index is 9.84. The number of aromatic hydroxyl groups is 1. The number of hydrazone groups is 1. The van der Waals surface area contributed by atoms with E-state index in [-0.39, 0.29) is 11.7 Å². The van der Waals surface area contributed by atoms with E-state index in [0.717, 1.165) is 27.5 Å². The Labute approximate surface area is 162 Å². The fourth-order valence-electron chi connectivity index (χ4n) is 2.72. The topological polar surface area (TPSA) is 108 Å².